The third kappa shape index (κ3) is 4.40. The van der Waals surface area contributed by atoms with Gasteiger partial charge in [0.2, 0.25) is 10.0 Å². The summed E-state index contributed by atoms with van der Waals surface area (Å²) in [7, 11) is -1.64. The van der Waals surface area contributed by atoms with Crippen LogP contribution in [0.3, 0.4) is 0 Å². The number of pyridine rings is 1. The number of rotatable bonds is 5. The molecule has 0 radical (unpaired) electrons. The summed E-state index contributed by atoms with van der Waals surface area (Å²) >= 11 is 0. The number of aryl methyl sites for hydroxylation is 1. The Morgan fingerprint density at radius 3 is 2.58 bits per heavy atom. The third-order valence-electron chi connectivity index (χ3n) is 6.57. The molecule has 1 atom stereocenters. The number of hydrogen-bond donors (Lipinski definition) is 1. The van der Waals surface area contributed by atoms with Crippen LogP contribution in [-0.4, -0.2) is 64.5 Å². The molecule has 2 aromatic carbocycles. The van der Waals surface area contributed by atoms with Gasteiger partial charge in [0.05, 0.1) is 11.8 Å². The number of hydrogen-bond acceptors (Lipinski definition) is 6. The van der Waals surface area contributed by atoms with Gasteiger partial charge < -0.3 is 10.0 Å². The van der Waals surface area contributed by atoms with E-state index in [0.29, 0.717) is 42.8 Å². The molecule has 0 bridgehead atoms. The second-order valence-electron chi connectivity index (χ2n) is 8.95. The van der Waals surface area contributed by atoms with Gasteiger partial charge in [-0.25, -0.2) is 22.2 Å². The Kier molecular flexibility index (Phi) is 6.13. The van der Waals surface area contributed by atoms with Gasteiger partial charge in [-0.15, -0.1) is 0 Å². The monoisotopic (exact) mass is 513 g/mol. The lowest BCUT2D eigenvalue weighted by molar-refractivity contribution is 0.331. The summed E-state index contributed by atoms with van der Waals surface area (Å²) in [4.78, 5) is 6.71. The molecule has 1 N–H and O–H groups in total. The summed E-state index contributed by atoms with van der Waals surface area (Å²) < 4.78 is 55.8. The summed E-state index contributed by atoms with van der Waals surface area (Å²) in [5.74, 6) is -2.54. The zero-order chi connectivity index (χ0) is 25.6. The van der Waals surface area contributed by atoms with E-state index in [2.05, 4.69) is 15.0 Å². The second-order valence-corrected chi connectivity index (χ2v) is 10.9. The molecule has 0 spiro atoms. The van der Waals surface area contributed by atoms with E-state index in [1.165, 1.54) is 16.6 Å². The number of piperazine rings is 1. The van der Waals surface area contributed by atoms with Gasteiger partial charge in [-0.05, 0) is 24.1 Å². The zero-order valence-corrected chi connectivity index (χ0v) is 20.6. The van der Waals surface area contributed by atoms with Gasteiger partial charge in [0.1, 0.15) is 11.5 Å². The Labute approximate surface area is 207 Å². The minimum Gasteiger partial charge on any atom is -0.503 e. The van der Waals surface area contributed by atoms with E-state index in [-0.39, 0.29) is 17.3 Å². The molecular formula is C25H25F2N5O3S. The SMILES string of the molecule is Cn1nc(-c2ccc(F)c(O)c2F)c2cnc(N3CCN(S(C)(=O)=O)C[C@H]3Cc3ccccc3)cc21. The molecule has 3 heterocycles. The van der Waals surface area contributed by atoms with Gasteiger partial charge in [0.15, 0.2) is 17.4 Å². The van der Waals surface area contributed by atoms with Gasteiger partial charge >= 0.3 is 0 Å². The normalized spacial score (nSPS) is 17.1. The summed E-state index contributed by atoms with van der Waals surface area (Å²) in [5.41, 5.74) is 1.96. The average molecular weight is 514 g/mol. The van der Waals surface area contributed by atoms with Crippen molar-refractivity contribution in [1.82, 2.24) is 19.1 Å². The van der Waals surface area contributed by atoms with Crippen LogP contribution in [0.4, 0.5) is 14.6 Å². The molecule has 1 fully saturated rings. The first-order chi connectivity index (χ1) is 17.1. The fourth-order valence-corrected chi connectivity index (χ4v) is 5.57. The predicted molar refractivity (Wildman–Crippen MR) is 133 cm³/mol. The Balaban J connectivity index is 1.54. The van der Waals surface area contributed by atoms with E-state index >= 15 is 0 Å². The van der Waals surface area contributed by atoms with Crippen LogP contribution >= 0.6 is 0 Å². The van der Waals surface area contributed by atoms with Crippen LogP contribution in [0.25, 0.3) is 22.2 Å². The van der Waals surface area contributed by atoms with Crippen LogP contribution < -0.4 is 4.90 Å². The highest BCUT2D eigenvalue weighted by Gasteiger charge is 2.32. The lowest BCUT2D eigenvalue weighted by atomic mass is 10.0. The number of sulfonamides is 1. The number of phenolic OH excluding ortho intramolecular Hbond substituents is 1. The maximum Gasteiger partial charge on any atom is 0.211 e. The fourth-order valence-electron chi connectivity index (χ4n) is 4.71. The second kappa shape index (κ2) is 9.14. The van der Waals surface area contributed by atoms with Crippen molar-refractivity contribution in [2.45, 2.75) is 12.5 Å². The molecule has 36 heavy (non-hydrogen) atoms. The smallest absolute Gasteiger partial charge is 0.211 e. The van der Waals surface area contributed by atoms with Crippen LogP contribution in [0, 0.1) is 11.6 Å². The molecule has 5 rings (SSSR count). The number of nitrogens with zero attached hydrogens (tertiary/aromatic N) is 5. The van der Waals surface area contributed by atoms with Crippen molar-refractivity contribution in [2.24, 2.45) is 7.05 Å². The molecule has 188 valence electrons. The number of benzene rings is 2. The zero-order valence-electron chi connectivity index (χ0n) is 19.8. The van der Waals surface area contributed by atoms with Crippen molar-refractivity contribution in [3.8, 4) is 17.0 Å². The molecule has 2 aromatic heterocycles. The number of aromatic hydroxyl groups is 1. The van der Waals surface area contributed by atoms with Crippen molar-refractivity contribution in [2.75, 3.05) is 30.8 Å². The number of halogens is 2. The molecule has 1 aliphatic heterocycles. The minimum atomic E-state index is -3.35. The summed E-state index contributed by atoms with van der Waals surface area (Å²) in [5, 5.41) is 14.7. The first kappa shape index (κ1) is 24.1. The molecule has 8 nitrogen and oxygen atoms in total. The lowest BCUT2D eigenvalue weighted by Gasteiger charge is -2.41. The molecule has 4 aromatic rings. The van der Waals surface area contributed by atoms with E-state index in [1.807, 2.05) is 36.4 Å². The fraction of sp³-hybridized carbons (Fsp3) is 0.280. The van der Waals surface area contributed by atoms with Crippen molar-refractivity contribution in [3.05, 3.63) is 71.9 Å². The molecule has 0 unspecified atom stereocenters. The number of aromatic nitrogens is 3. The highest BCUT2D eigenvalue weighted by Crippen LogP contribution is 2.35. The van der Waals surface area contributed by atoms with Gasteiger partial charge in [-0.3, -0.25) is 4.68 Å². The highest BCUT2D eigenvalue weighted by molar-refractivity contribution is 7.88. The molecule has 1 aliphatic rings. The molecule has 11 heteroatoms. The minimum absolute atomic E-state index is 0.0298. The molecule has 0 aliphatic carbocycles. The first-order valence-electron chi connectivity index (χ1n) is 11.4. The molecular weight excluding hydrogens is 488 g/mol. The summed E-state index contributed by atoms with van der Waals surface area (Å²) in [6.07, 6.45) is 3.43. The summed E-state index contributed by atoms with van der Waals surface area (Å²) in [6.45, 7) is 1.11. The van der Waals surface area contributed by atoms with Gasteiger partial charge in [-0.2, -0.15) is 9.40 Å². The topological polar surface area (TPSA) is 91.6 Å². The maximum absolute atomic E-state index is 14.6. The van der Waals surface area contributed by atoms with Crippen molar-refractivity contribution in [3.63, 3.8) is 0 Å². The first-order valence-corrected chi connectivity index (χ1v) is 13.2. The van der Waals surface area contributed by atoms with Crippen molar-refractivity contribution in [1.29, 1.82) is 0 Å². The lowest BCUT2D eigenvalue weighted by Crippen LogP contribution is -2.55. The molecule has 1 saturated heterocycles. The van der Waals surface area contributed by atoms with Gasteiger partial charge in [-0.1, -0.05) is 30.3 Å². The number of anilines is 1. The van der Waals surface area contributed by atoms with E-state index < -0.39 is 27.4 Å². The number of fused-ring (bicyclic) bond motifs is 1. The Hall–Kier alpha value is -3.57. The van der Waals surface area contributed by atoms with Crippen LogP contribution in [0.15, 0.2) is 54.7 Å². The summed E-state index contributed by atoms with van der Waals surface area (Å²) in [6, 6.07) is 13.8. The molecule has 0 amide bonds. The van der Waals surface area contributed by atoms with Crippen LogP contribution in [0.2, 0.25) is 0 Å². The van der Waals surface area contributed by atoms with E-state index in [4.69, 9.17) is 0 Å². The average Bonchev–Trinajstić information content (AvgIpc) is 3.18. The number of phenols is 1. The third-order valence-corrected chi connectivity index (χ3v) is 7.84. The van der Waals surface area contributed by atoms with Crippen LogP contribution in [-0.2, 0) is 23.5 Å². The standard InChI is InChI=1S/C25H25F2N5O3S/c1-30-21-13-22(28-14-19(21)24(29-30)18-8-9-20(26)25(33)23(18)27)32-11-10-31(36(2,34)35)15-17(32)12-16-6-4-3-5-7-16/h3-9,13-14,17,33H,10-12,15H2,1-2H3/t17-/m1/s1. The van der Waals surface area contributed by atoms with Crippen molar-refractivity contribution >= 4 is 26.7 Å². The Bertz CT molecular complexity index is 1540. The largest absolute Gasteiger partial charge is 0.503 e. The van der Waals surface area contributed by atoms with E-state index in [0.717, 1.165) is 11.6 Å². The van der Waals surface area contributed by atoms with Crippen LogP contribution in [0.5, 0.6) is 5.75 Å². The predicted octanol–water partition coefficient (Wildman–Crippen LogP) is 3.31. The van der Waals surface area contributed by atoms with E-state index in [1.54, 1.807) is 17.9 Å². The van der Waals surface area contributed by atoms with E-state index in [9.17, 15) is 22.3 Å². The highest BCUT2D eigenvalue weighted by atomic mass is 32.2. The quantitative estimate of drug-likeness (QED) is 0.440. The van der Waals surface area contributed by atoms with Gasteiger partial charge in [0.25, 0.3) is 0 Å². The Morgan fingerprint density at radius 2 is 1.86 bits per heavy atom. The van der Waals surface area contributed by atoms with Crippen LogP contribution in [0.1, 0.15) is 5.56 Å². The Morgan fingerprint density at radius 1 is 1.11 bits per heavy atom. The van der Waals surface area contributed by atoms with Crippen molar-refractivity contribution < 1.29 is 22.3 Å². The maximum atomic E-state index is 14.6. The van der Waals surface area contributed by atoms with Gasteiger partial charge in [0, 0.05) is 55.9 Å². The molecule has 0 saturated carbocycles.